The van der Waals surface area contributed by atoms with E-state index < -0.39 is 0 Å². The lowest BCUT2D eigenvalue weighted by Crippen LogP contribution is -2.37. The Labute approximate surface area is 126 Å². The summed E-state index contributed by atoms with van der Waals surface area (Å²) in [6.07, 6.45) is 1.99. The van der Waals surface area contributed by atoms with Crippen molar-refractivity contribution in [2.45, 2.75) is 19.4 Å². The SMILES string of the molecule is COc1ccc(CN(C)C)cc1NC(=O)[C@@H]1CCCNC1. The van der Waals surface area contributed by atoms with Crippen LogP contribution in [0, 0.1) is 5.92 Å². The smallest absolute Gasteiger partial charge is 0.228 e. The van der Waals surface area contributed by atoms with Gasteiger partial charge >= 0.3 is 0 Å². The normalized spacial score (nSPS) is 18.6. The van der Waals surface area contributed by atoms with Crippen LogP contribution in [0.25, 0.3) is 0 Å². The van der Waals surface area contributed by atoms with Crippen LogP contribution >= 0.6 is 0 Å². The summed E-state index contributed by atoms with van der Waals surface area (Å²) in [4.78, 5) is 14.4. The number of methoxy groups -OCH3 is 1. The van der Waals surface area contributed by atoms with Gasteiger partial charge in [-0.2, -0.15) is 0 Å². The third kappa shape index (κ3) is 4.44. The largest absolute Gasteiger partial charge is 0.495 e. The van der Waals surface area contributed by atoms with E-state index >= 15 is 0 Å². The number of nitrogens with zero attached hydrogens (tertiary/aromatic N) is 1. The second-order valence-electron chi connectivity index (χ2n) is 5.80. The molecule has 5 heteroatoms. The zero-order chi connectivity index (χ0) is 15.2. The van der Waals surface area contributed by atoms with Crippen molar-refractivity contribution in [3.63, 3.8) is 0 Å². The lowest BCUT2D eigenvalue weighted by Gasteiger charge is -2.22. The summed E-state index contributed by atoms with van der Waals surface area (Å²) in [6.45, 7) is 2.59. The summed E-state index contributed by atoms with van der Waals surface area (Å²) in [6, 6.07) is 5.93. The molecule has 0 unspecified atom stereocenters. The molecule has 0 spiro atoms. The minimum atomic E-state index is 0.0426. The Balaban J connectivity index is 2.10. The first-order valence-corrected chi connectivity index (χ1v) is 7.43. The molecule has 21 heavy (non-hydrogen) atoms. The van der Waals surface area contributed by atoms with Crippen LogP contribution in [0.5, 0.6) is 5.75 Å². The second kappa shape index (κ2) is 7.43. The summed E-state index contributed by atoms with van der Waals surface area (Å²) in [7, 11) is 5.67. The van der Waals surface area contributed by atoms with Crippen LogP contribution in [0.15, 0.2) is 18.2 Å². The molecule has 1 saturated heterocycles. The number of rotatable bonds is 5. The van der Waals surface area contributed by atoms with Gasteiger partial charge in [-0.25, -0.2) is 0 Å². The molecule has 0 aliphatic carbocycles. The Morgan fingerprint density at radius 1 is 1.48 bits per heavy atom. The number of carbonyl (C=O) groups is 1. The van der Waals surface area contributed by atoms with E-state index in [9.17, 15) is 4.79 Å². The summed E-state index contributed by atoms with van der Waals surface area (Å²) in [5.41, 5.74) is 1.91. The minimum absolute atomic E-state index is 0.0426. The molecular weight excluding hydrogens is 266 g/mol. The molecule has 0 aromatic heterocycles. The maximum atomic E-state index is 12.4. The zero-order valence-electron chi connectivity index (χ0n) is 13.1. The summed E-state index contributed by atoms with van der Waals surface area (Å²) in [5, 5.41) is 6.29. The van der Waals surface area contributed by atoms with E-state index in [4.69, 9.17) is 4.74 Å². The molecule has 1 aromatic carbocycles. The summed E-state index contributed by atoms with van der Waals surface area (Å²) < 4.78 is 5.35. The molecule has 0 saturated carbocycles. The molecule has 0 radical (unpaired) electrons. The van der Waals surface area contributed by atoms with Crippen LogP contribution in [0.3, 0.4) is 0 Å². The van der Waals surface area contributed by atoms with Gasteiger partial charge in [0.25, 0.3) is 0 Å². The first kappa shape index (κ1) is 15.8. The number of ether oxygens (including phenoxy) is 1. The summed E-state index contributed by atoms with van der Waals surface area (Å²) >= 11 is 0. The lowest BCUT2D eigenvalue weighted by atomic mass is 9.98. The van der Waals surface area contributed by atoms with E-state index in [0.717, 1.165) is 43.7 Å². The number of benzene rings is 1. The highest BCUT2D eigenvalue weighted by atomic mass is 16.5. The number of anilines is 1. The van der Waals surface area contributed by atoms with Crippen molar-refractivity contribution in [1.29, 1.82) is 0 Å². The average molecular weight is 291 g/mol. The van der Waals surface area contributed by atoms with Crippen molar-refractivity contribution >= 4 is 11.6 Å². The first-order chi connectivity index (χ1) is 10.1. The molecule has 0 bridgehead atoms. The van der Waals surface area contributed by atoms with Gasteiger partial charge in [-0.3, -0.25) is 4.79 Å². The standard InChI is InChI=1S/C16H25N3O2/c1-19(2)11-12-6-7-15(21-3)14(9-12)18-16(20)13-5-4-8-17-10-13/h6-7,9,13,17H,4-5,8,10-11H2,1-3H3,(H,18,20)/t13-/m1/s1. The number of carbonyl (C=O) groups excluding carboxylic acids is 1. The van der Waals surface area contributed by atoms with E-state index in [1.54, 1.807) is 7.11 Å². The predicted molar refractivity (Wildman–Crippen MR) is 84.6 cm³/mol. The van der Waals surface area contributed by atoms with Crippen molar-refractivity contribution in [2.24, 2.45) is 5.92 Å². The molecule has 1 aromatic rings. The van der Waals surface area contributed by atoms with E-state index in [2.05, 4.69) is 15.5 Å². The van der Waals surface area contributed by atoms with E-state index in [1.807, 2.05) is 32.3 Å². The third-order valence-electron chi connectivity index (χ3n) is 3.69. The van der Waals surface area contributed by atoms with Crippen LogP contribution < -0.4 is 15.4 Å². The van der Waals surface area contributed by atoms with Crippen LogP contribution in [0.1, 0.15) is 18.4 Å². The van der Waals surface area contributed by atoms with Crippen LogP contribution in [-0.2, 0) is 11.3 Å². The molecule has 1 aliphatic rings. The van der Waals surface area contributed by atoms with Crippen molar-refractivity contribution in [2.75, 3.05) is 39.6 Å². The van der Waals surface area contributed by atoms with Crippen LogP contribution in [0.4, 0.5) is 5.69 Å². The van der Waals surface area contributed by atoms with Gasteiger partial charge in [0.1, 0.15) is 5.75 Å². The molecule has 2 N–H and O–H groups in total. The zero-order valence-corrected chi connectivity index (χ0v) is 13.1. The molecular formula is C16H25N3O2. The Morgan fingerprint density at radius 2 is 2.29 bits per heavy atom. The highest BCUT2D eigenvalue weighted by Crippen LogP contribution is 2.27. The number of amides is 1. The fourth-order valence-corrected chi connectivity index (χ4v) is 2.63. The van der Waals surface area contributed by atoms with Gasteiger partial charge in [-0.05, 0) is 51.2 Å². The average Bonchev–Trinajstić information content (AvgIpc) is 2.48. The van der Waals surface area contributed by atoms with Crippen molar-refractivity contribution in [3.05, 3.63) is 23.8 Å². The van der Waals surface area contributed by atoms with Gasteiger partial charge in [0.2, 0.25) is 5.91 Å². The maximum Gasteiger partial charge on any atom is 0.228 e. The van der Waals surface area contributed by atoms with Crippen molar-refractivity contribution in [1.82, 2.24) is 10.2 Å². The van der Waals surface area contributed by atoms with Gasteiger partial charge < -0.3 is 20.3 Å². The van der Waals surface area contributed by atoms with Crippen LogP contribution in [0.2, 0.25) is 0 Å². The summed E-state index contributed by atoms with van der Waals surface area (Å²) in [5.74, 6) is 0.818. The Hall–Kier alpha value is -1.59. The molecule has 5 nitrogen and oxygen atoms in total. The van der Waals surface area contributed by atoms with Gasteiger partial charge in [0.15, 0.2) is 0 Å². The van der Waals surface area contributed by atoms with Gasteiger partial charge in [0, 0.05) is 13.1 Å². The minimum Gasteiger partial charge on any atom is -0.495 e. The van der Waals surface area contributed by atoms with E-state index in [0.29, 0.717) is 5.75 Å². The molecule has 1 atom stereocenters. The van der Waals surface area contributed by atoms with Gasteiger partial charge in [-0.1, -0.05) is 6.07 Å². The quantitative estimate of drug-likeness (QED) is 0.867. The number of piperidine rings is 1. The van der Waals surface area contributed by atoms with Crippen molar-refractivity contribution < 1.29 is 9.53 Å². The third-order valence-corrected chi connectivity index (χ3v) is 3.69. The van der Waals surface area contributed by atoms with Crippen molar-refractivity contribution in [3.8, 4) is 5.75 Å². The fourth-order valence-electron chi connectivity index (χ4n) is 2.63. The van der Waals surface area contributed by atoms with Crippen LogP contribution in [-0.4, -0.2) is 45.1 Å². The number of hydrogen-bond acceptors (Lipinski definition) is 4. The maximum absolute atomic E-state index is 12.4. The molecule has 2 rings (SSSR count). The molecule has 1 heterocycles. The molecule has 1 fully saturated rings. The van der Waals surface area contributed by atoms with Gasteiger partial charge in [0.05, 0.1) is 18.7 Å². The number of nitrogens with one attached hydrogen (secondary N) is 2. The fraction of sp³-hybridized carbons (Fsp3) is 0.562. The van der Waals surface area contributed by atoms with E-state index in [1.165, 1.54) is 0 Å². The van der Waals surface area contributed by atoms with Gasteiger partial charge in [-0.15, -0.1) is 0 Å². The lowest BCUT2D eigenvalue weighted by molar-refractivity contribution is -0.120. The molecule has 1 aliphatic heterocycles. The second-order valence-corrected chi connectivity index (χ2v) is 5.80. The topological polar surface area (TPSA) is 53.6 Å². The highest BCUT2D eigenvalue weighted by molar-refractivity contribution is 5.94. The Kier molecular flexibility index (Phi) is 5.59. The first-order valence-electron chi connectivity index (χ1n) is 7.43. The monoisotopic (exact) mass is 291 g/mol. The molecule has 1 amide bonds. The molecule has 116 valence electrons. The highest BCUT2D eigenvalue weighted by Gasteiger charge is 2.21. The Morgan fingerprint density at radius 3 is 2.90 bits per heavy atom. The number of hydrogen-bond donors (Lipinski definition) is 2. The Bertz CT molecular complexity index is 482. The predicted octanol–water partition coefficient (Wildman–Crippen LogP) is 1.69. The van der Waals surface area contributed by atoms with E-state index in [-0.39, 0.29) is 11.8 Å².